The topological polar surface area (TPSA) is 44.8 Å². The lowest BCUT2D eigenvalue weighted by molar-refractivity contribution is -0.140. The minimum absolute atomic E-state index is 0.202. The summed E-state index contributed by atoms with van der Waals surface area (Å²) in [7, 11) is 1.40. The van der Waals surface area contributed by atoms with Crippen molar-refractivity contribution >= 4 is 5.97 Å². The van der Waals surface area contributed by atoms with E-state index in [4.69, 9.17) is 9.47 Å². The Hall–Kier alpha value is -4.05. The van der Waals surface area contributed by atoms with Crippen molar-refractivity contribution in [2.24, 2.45) is 0 Å². The lowest BCUT2D eigenvalue weighted by Gasteiger charge is -2.10. The molecule has 0 bridgehead atoms. The summed E-state index contributed by atoms with van der Waals surface area (Å²) < 4.78 is 16.5. The van der Waals surface area contributed by atoms with E-state index in [-0.39, 0.29) is 5.97 Å². The molecule has 0 aromatic heterocycles. The van der Waals surface area contributed by atoms with E-state index in [1.165, 1.54) is 12.7 Å². The molecule has 33 heavy (non-hydrogen) atoms. The molecule has 0 atom stereocenters. The highest BCUT2D eigenvalue weighted by Crippen LogP contribution is 2.26. The van der Waals surface area contributed by atoms with E-state index in [2.05, 4.69) is 29.0 Å². The molecule has 4 aromatic rings. The van der Waals surface area contributed by atoms with Gasteiger partial charge >= 0.3 is 5.97 Å². The highest BCUT2D eigenvalue weighted by molar-refractivity contribution is 5.69. The average molecular weight is 439 g/mol. The molecule has 4 rings (SSSR count). The maximum Gasteiger partial charge on any atom is 0.305 e. The van der Waals surface area contributed by atoms with E-state index in [9.17, 15) is 4.79 Å². The van der Waals surface area contributed by atoms with Crippen molar-refractivity contribution in [1.29, 1.82) is 0 Å². The first kappa shape index (κ1) is 22.2. The highest BCUT2D eigenvalue weighted by atomic mass is 16.5. The van der Waals surface area contributed by atoms with Crippen LogP contribution in [0.4, 0.5) is 0 Å². The second kappa shape index (κ2) is 11.0. The molecule has 0 spiro atoms. The van der Waals surface area contributed by atoms with Crippen molar-refractivity contribution in [3.63, 3.8) is 0 Å². The van der Waals surface area contributed by atoms with Crippen molar-refractivity contribution in [3.05, 3.63) is 114 Å². The number of carbonyl (C=O) groups excluding carboxylic acids is 1. The SMILES string of the molecule is COC(=O)CCc1ccc(OCc2ccc(Oc3ccc(-c4ccccc4)cc3)cc2)cc1. The van der Waals surface area contributed by atoms with E-state index >= 15 is 0 Å². The minimum atomic E-state index is -0.202. The van der Waals surface area contributed by atoms with E-state index < -0.39 is 0 Å². The summed E-state index contributed by atoms with van der Waals surface area (Å²) in [6.07, 6.45) is 1.03. The number of rotatable bonds is 9. The van der Waals surface area contributed by atoms with E-state index in [0.29, 0.717) is 19.4 Å². The first-order valence-electron chi connectivity index (χ1n) is 10.9. The molecule has 0 amide bonds. The molecular formula is C29H26O4. The Morgan fingerprint density at radius 3 is 1.82 bits per heavy atom. The van der Waals surface area contributed by atoms with Gasteiger partial charge in [0, 0.05) is 6.42 Å². The zero-order valence-corrected chi connectivity index (χ0v) is 18.6. The van der Waals surface area contributed by atoms with Crippen LogP contribution in [0, 0.1) is 0 Å². The summed E-state index contributed by atoms with van der Waals surface area (Å²) >= 11 is 0. The predicted molar refractivity (Wildman–Crippen MR) is 130 cm³/mol. The smallest absolute Gasteiger partial charge is 0.305 e. The van der Waals surface area contributed by atoms with Crippen LogP contribution in [0.5, 0.6) is 17.2 Å². The van der Waals surface area contributed by atoms with Gasteiger partial charge in [-0.3, -0.25) is 4.79 Å². The fraction of sp³-hybridized carbons (Fsp3) is 0.138. The van der Waals surface area contributed by atoms with Gasteiger partial charge in [-0.05, 0) is 65.1 Å². The van der Waals surface area contributed by atoms with Crippen LogP contribution >= 0.6 is 0 Å². The van der Waals surface area contributed by atoms with Gasteiger partial charge in [0.1, 0.15) is 23.9 Å². The number of aryl methyl sites for hydroxylation is 1. The van der Waals surface area contributed by atoms with Gasteiger partial charge in [-0.15, -0.1) is 0 Å². The van der Waals surface area contributed by atoms with Crippen molar-refractivity contribution in [3.8, 4) is 28.4 Å². The molecule has 0 N–H and O–H groups in total. The third-order valence-electron chi connectivity index (χ3n) is 5.29. The van der Waals surface area contributed by atoms with Gasteiger partial charge in [0.2, 0.25) is 0 Å². The molecule has 0 unspecified atom stereocenters. The number of ether oxygens (including phenoxy) is 3. The molecule has 4 nitrogen and oxygen atoms in total. The summed E-state index contributed by atoms with van der Waals surface area (Å²) in [4.78, 5) is 11.2. The van der Waals surface area contributed by atoms with Crippen LogP contribution in [-0.4, -0.2) is 13.1 Å². The lowest BCUT2D eigenvalue weighted by Crippen LogP contribution is -2.01. The molecule has 0 saturated heterocycles. The number of esters is 1. The second-order valence-electron chi connectivity index (χ2n) is 7.65. The maximum absolute atomic E-state index is 11.2. The Labute approximate surface area is 194 Å². The van der Waals surface area contributed by atoms with Crippen molar-refractivity contribution in [2.75, 3.05) is 7.11 Å². The standard InChI is InChI=1S/C29H26O4/c1-31-29(30)20-11-22-7-14-26(15-8-22)32-21-23-9-16-27(17-10-23)33-28-18-12-25(13-19-28)24-5-3-2-4-6-24/h2-10,12-19H,11,20-21H2,1H3. The number of benzene rings is 4. The number of methoxy groups -OCH3 is 1. The Morgan fingerprint density at radius 2 is 1.18 bits per heavy atom. The van der Waals surface area contributed by atoms with Crippen LogP contribution in [0.1, 0.15) is 17.5 Å². The predicted octanol–water partition coefficient (Wildman–Crippen LogP) is 6.83. The number of carbonyl (C=O) groups is 1. The fourth-order valence-corrected chi connectivity index (χ4v) is 3.40. The van der Waals surface area contributed by atoms with Crippen molar-refractivity contribution in [1.82, 2.24) is 0 Å². The average Bonchev–Trinajstić information content (AvgIpc) is 2.88. The minimum Gasteiger partial charge on any atom is -0.489 e. The summed E-state index contributed by atoms with van der Waals surface area (Å²) in [5.74, 6) is 2.16. The van der Waals surface area contributed by atoms with E-state index in [1.54, 1.807) is 0 Å². The van der Waals surface area contributed by atoms with Crippen LogP contribution in [0.15, 0.2) is 103 Å². The van der Waals surface area contributed by atoms with Gasteiger partial charge in [0.15, 0.2) is 0 Å². The molecule has 0 heterocycles. The summed E-state index contributed by atoms with van der Waals surface area (Å²) in [5, 5.41) is 0. The molecule has 4 heteroatoms. The molecule has 166 valence electrons. The van der Waals surface area contributed by atoms with E-state index in [1.807, 2.05) is 78.9 Å². The Morgan fingerprint density at radius 1 is 0.636 bits per heavy atom. The third kappa shape index (κ3) is 6.47. The molecule has 0 aliphatic carbocycles. The Bertz CT molecular complexity index is 1150. The summed E-state index contributed by atoms with van der Waals surface area (Å²) in [6, 6.07) is 34.0. The monoisotopic (exact) mass is 438 g/mol. The first-order chi connectivity index (χ1) is 16.2. The molecule has 0 saturated carbocycles. The Kier molecular flexibility index (Phi) is 7.39. The molecular weight excluding hydrogens is 412 g/mol. The van der Waals surface area contributed by atoms with Gasteiger partial charge < -0.3 is 14.2 Å². The maximum atomic E-state index is 11.2. The van der Waals surface area contributed by atoms with Gasteiger partial charge in [0.25, 0.3) is 0 Å². The van der Waals surface area contributed by atoms with Gasteiger partial charge in [-0.2, -0.15) is 0 Å². The fourth-order valence-electron chi connectivity index (χ4n) is 3.40. The molecule has 0 aliphatic heterocycles. The lowest BCUT2D eigenvalue weighted by atomic mass is 10.1. The second-order valence-corrected chi connectivity index (χ2v) is 7.65. The molecule has 0 fully saturated rings. The third-order valence-corrected chi connectivity index (χ3v) is 5.29. The van der Waals surface area contributed by atoms with Crippen molar-refractivity contribution in [2.45, 2.75) is 19.4 Å². The van der Waals surface area contributed by atoms with Gasteiger partial charge in [-0.25, -0.2) is 0 Å². The van der Waals surface area contributed by atoms with Crippen LogP contribution in [0.25, 0.3) is 11.1 Å². The van der Waals surface area contributed by atoms with Crippen LogP contribution in [0.2, 0.25) is 0 Å². The van der Waals surface area contributed by atoms with Crippen LogP contribution in [0.3, 0.4) is 0 Å². The zero-order chi connectivity index (χ0) is 22.9. The Balaban J connectivity index is 1.27. The summed E-state index contributed by atoms with van der Waals surface area (Å²) in [5.41, 5.74) is 4.47. The summed E-state index contributed by atoms with van der Waals surface area (Å²) in [6.45, 7) is 0.466. The zero-order valence-electron chi connectivity index (χ0n) is 18.6. The number of hydrogen-bond donors (Lipinski definition) is 0. The molecule has 4 aromatic carbocycles. The largest absolute Gasteiger partial charge is 0.489 e. The van der Waals surface area contributed by atoms with E-state index in [0.717, 1.165) is 33.9 Å². The van der Waals surface area contributed by atoms with Crippen molar-refractivity contribution < 1.29 is 19.0 Å². The highest BCUT2D eigenvalue weighted by Gasteiger charge is 2.04. The van der Waals surface area contributed by atoms with Crippen LogP contribution in [-0.2, 0) is 22.6 Å². The quantitative estimate of drug-likeness (QED) is 0.269. The molecule has 0 radical (unpaired) electrons. The van der Waals surface area contributed by atoms with Gasteiger partial charge in [0.05, 0.1) is 7.11 Å². The van der Waals surface area contributed by atoms with Crippen LogP contribution < -0.4 is 9.47 Å². The molecule has 0 aliphatic rings. The first-order valence-corrected chi connectivity index (χ1v) is 10.9. The normalized spacial score (nSPS) is 10.5. The number of hydrogen-bond acceptors (Lipinski definition) is 4. The van der Waals surface area contributed by atoms with Gasteiger partial charge in [-0.1, -0.05) is 66.7 Å².